The van der Waals surface area contributed by atoms with Gasteiger partial charge in [0.25, 0.3) is 5.91 Å². The molecule has 7 nitrogen and oxygen atoms in total. The molecule has 1 atom stereocenters. The smallest absolute Gasteiger partial charge is 0.287 e. The van der Waals surface area contributed by atoms with Crippen LogP contribution in [0.2, 0.25) is 0 Å². The number of nitrogens with one attached hydrogen (secondary N) is 1. The summed E-state index contributed by atoms with van der Waals surface area (Å²) < 4.78 is 7.98. The summed E-state index contributed by atoms with van der Waals surface area (Å²) in [6.07, 6.45) is 6.99. The predicted octanol–water partition coefficient (Wildman–Crippen LogP) is 4.52. The largest absolute Gasteiger partial charge is 0.454 e. The van der Waals surface area contributed by atoms with E-state index in [4.69, 9.17) is 4.42 Å². The molecule has 0 spiro atoms. The lowest BCUT2D eigenvalue weighted by Crippen LogP contribution is -2.33. The van der Waals surface area contributed by atoms with Crippen molar-refractivity contribution in [2.24, 2.45) is 5.92 Å². The Labute approximate surface area is 204 Å². The fourth-order valence-electron chi connectivity index (χ4n) is 4.35. The van der Waals surface area contributed by atoms with Crippen LogP contribution < -0.4 is 5.32 Å². The second kappa shape index (κ2) is 12.8. The van der Waals surface area contributed by atoms with E-state index in [0.29, 0.717) is 18.8 Å². The van der Waals surface area contributed by atoms with Gasteiger partial charge in [0.2, 0.25) is 5.91 Å². The van der Waals surface area contributed by atoms with Crippen LogP contribution in [0.5, 0.6) is 0 Å². The van der Waals surface area contributed by atoms with Crippen molar-refractivity contribution in [2.75, 3.05) is 26.2 Å². The number of aromatic nitrogens is 1. The van der Waals surface area contributed by atoms with Gasteiger partial charge in [0.05, 0.1) is 13.1 Å². The monoisotopic (exact) mass is 470 g/mol. The highest BCUT2D eigenvalue weighted by Crippen LogP contribution is 2.31. The zero-order valence-corrected chi connectivity index (χ0v) is 21.4. The van der Waals surface area contributed by atoms with Gasteiger partial charge in [-0.15, -0.1) is 0 Å². The third-order valence-corrected chi connectivity index (χ3v) is 6.60. The van der Waals surface area contributed by atoms with Crippen LogP contribution in [0.15, 0.2) is 34.9 Å². The van der Waals surface area contributed by atoms with Crippen LogP contribution in [0, 0.1) is 5.92 Å². The molecule has 0 radical (unpaired) electrons. The summed E-state index contributed by atoms with van der Waals surface area (Å²) in [6.45, 7) is 13.6. The molecule has 1 saturated carbocycles. The molecule has 0 aromatic carbocycles. The highest BCUT2D eigenvalue weighted by molar-refractivity contribution is 5.91. The lowest BCUT2D eigenvalue weighted by molar-refractivity contribution is -0.133. The minimum atomic E-state index is -0.168. The van der Waals surface area contributed by atoms with E-state index in [1.54, 1.807) is 6.07 Å². The van der Waals surface area contributed by atoms with Gasteiger partial charge in [-0.3, -0.25) is 9.59 Å². The molecule has 1 fully saturated rings. The highest BCUT2D eigenvalue weighted by atomic mass is 16.4. The molecule has 188 valence electrons. The maximum Gasteiger partial charge on any atom is 0.287 e. The average molecular weight is 471 g/mol. The second-order valence-corrected chi connectivity index (χ2v) is 9.47. The summed E-state index contributed by atoms with van der Waals surface area (Å²) in [6, 6.07) is 7.76. The van der Waals surface area contributed by atoms with Crippen LogP contribution in [0.3, 0.4) is 0 Å². The van der Waals surface area contributed by atoms with Crippen molar-refractivity contribution >= 4 is 11.8 Å². The molecule has 1 aliphatic rings. The summed E-state index contributed by atoms with van der Waals surface area (Å²) in [5.41, 5.74) is 1.08. The van der Waals surface area contributed by atoms with Crippen molar-refractivity contribution < 1.29 is 14.0 Å². The molecule has 34 heavy (non-hydrogen) atoms. The first-order valence-corrected chi connectivity index (χ1v) is 13.0. The average Bonchev–Trinajstić information content (AvgIpc) is 3.42. The molecular weight excluding hydrogens is 428 g/mol. The topological polar surface area (TPSA) is 70.7 Å². The number of rotatable bonds is 15. The van der Waals surface area contributed by atoms with Crippen LogP contribution >= 0.6 is 0 Å². The lowest BCUT2D eigenvalue weighted by Gasteiger charge is -2.23. The fraction of sp³-hybridized carbons (Fsp3) is 0.630. The van der Waals surface area contributed by atoms with E-state index in [1.165, 1.54) is 0 Å². The zero-order valence-electron chi connectivity index (χ0n) is 21.4. The normalized spacial score (nSPS) is 14.4. The van der Waals surface area contributed by atoms with Gasteiger partial charge >= 0.3 is 0 Å². The Morgan fingerprint density at radius 1 is 1.15 bits per heavy atom. The van der Waals surface area contributed by atoms with E-state index in [1.807, 2.05) is 30.2 Å². The Hall–Kier alpha value is -2.54. The van der Waals surface area contributed by atoms with Gasteiger partial charge in [0, 0.05) is 30.4 Å². The molecule has 2 aromatic heterocycles. The molecular formula is C27H42N4O3. The van der Waals surface area contributed by atoms with E-state index in [9.17, 15) is 9.59 Å². The van der Waals surface area contributed by atoms with Crippen LogP contribution in [-0.4, -0.2) is 58.4 Å². The van der Waals surface area contributed by atoms with Crippen molar-refractivity contribution in [3.05, 3.63) is 47.7 Å². The van der Waals surface area contributed by atoms with Gasteiger partial charge in [-0.05, 0) is 82.9 Å². The molecule has 0 aliphatic heterocycles. The quantitative estimate of drug-likeness (QED) is 0.416. The second-order valence-electron chi connectivity index (χ2n) is 9.47. The molecule has 1 N–H and O–H groups in total. The fourth-order valence-corrected chi connectivity index (χ4v) is 4.35. The van der Waals surface area contributed by atoms with Gasteiger partial charge in [-0.1, -0.05) is 20.8 Å². The molecule has 7 heteroatoms. The van der Waals surface area contributed by atoms with E-state index in [0.717, 1.165) is 69.7 Å². The molecule has 2 aromatic rings. The zero-order chi connectivity index (χ0) is 24.5. The van der Waals surface area contributed by atoms with Crippen molar-refractivity contribution in [1.82, 2.24) is 19.7 Å². The Balaban J connectivity index is 1.52. The van der Waals surface area contributed by atoms with Crippen molar-refractivity contribution in [2.45, 2.75) is 78.9 Å². The SMILES string of the molecule is CCCN(Cc1cccn1Cc1ccc(C(=O)NC(C)CCCN(CC)CC)o1)C(=O)C1CC1. The van der Waals surface area contributed by atoms with Gasteiger partial charge < -0.3 is 24.1 Å². The first kappa shape index (κ1) is 26.1. The summed E-state index contributed by atoms with van der Waals surface area (Å²) >= 11 is 0. The number of amides is 2. The van der Waals surface area contributed by atoms with Crippen LogP contribution in [0.4, 0.5) is 0 Å². The maximum atomic E-state index is 12.6. The Morgan fingerprint density at radius 3 is 2.59 bits per heavy atom. The summed E-state index contributed by atoms with van der Waals surface area (Å²) in [7, 11) is 0. The predicted molar refractivity (Wildman–Crippen MR) is 135 cm³/mol. The van der Waals surface area contributed by atoms with Crippen LogP contribution in [0.1, 0.15) is 81.8 Å². The summed E-state index contributed by atoms with van der Waals surface area (Å²) in [5.74, 6) is 1.40. The van der Waals surface area contributed by atoms with E-state index >= 15 is 0 Å². The number of carbonyl (C=O) groups is 2. The number of hydrogen-bond acceptors (Lipinski definition) is 4. The minimum Gasteiger partial charge on any atom is -0.454 e. The Morgan fingerprint density at radius 2 is 1.91 bits per heavy atom. The Kier molecular flexibility index (Phi) is 9.81. The first-order chi connectivity index (χ1) is 16.4. The summed E-state index contributed by atoms with van der Waals surface area (Å²) in [5, 5.41) is 3.06. The standard InChI is InChI=1S/C27H42N4O3/c1-5-16-31(27(33)22-12-13-22)19-23-11-9-18-30(23)20-24-14-15-25(34-24)26(32)28-21(4)10-8-17-29(6-2)7-3/h9,11,14-15,18,21-22H,5-8,10,12-13,16-17,19-20H2,1-4H3,(H,28,32). The van der Waals surface area contributed by atoms with E-state index in [2.05, 4.69) is 41.6 Å². The minimum absolute atomic E-state index is 0.0983. The number of nitrogens with zero attached hydrogens (tertiary/aromatic N) is 3. The third-order valence-electron chi connectivity index (χ3n) is 6.60. The van der Waals surface area contributed by atoms with E-state index < -0.39 is 0 Å². The maximum absolute atomic E-state index is 12.6. The highest BCUT2D eigenvalue weighted by Gasteiger charge is 2.33. The number of carbonyl (C=O) groups excluding carboxylic acids is 2. The lowest BCUT2D eigenvalue weighted by atomic mass is 10.1. The van der Waals surface area contributed by atoms with Gasteiger partial charge in [0.15, 0.2) is 5.76 Å². The molecule has 1 unspecified atom stereocenters. The molecule has 2 amide bonds. The van der Waals surface area contributed by atoms with Crippen molar-refractivity contribution in [3.63, 3.8) is 0 Å². The van der Waals surface area contributed by atoms with Gasteiger partial charge in [0.1, 0.15) is 5.76 Å². The van der Waals surface area contributed by atoms with Crippen LogP contribution in [0.25, 0.3) is 0 Å². The molecule has 3 rings (SSSR count). The van der Waals surface area contributed by atoms with Crippen LogP contribution in [-0.2, 0) is 17.9 Å². The summed E-state index contributed by atoms with van der Waals surface area (Å²) in [4.78, 5) is 29.7. The molecule has 0 bridgehead atoms. The molecule has 2 heterocycles. The third kappa shape index (κ3) is 7.49. The van der Waals surface area contributed by atoms with Crippen molar-refractivity contribution in [3.8, 4) is 0 Å². The Bertz CT molecular complexity index is 911. The first-order valence-electron chi connectivity index (χ1n) is 13.0. The van der Waals surface area contributed by atoms with E-state index in [-0.39, 0.29) is 23.8 Å². The van der Waals surface area contributed by atoms with Crippen molar-refractivity contribution in [1.29, 1.82) is 0 Å². The van der Waals surface area contributed by atoms with Gasteiger partial charge in [-0.25, -0.2) is 0 Å². The molecule has 0 saturated heterocycles. The number of hydrogen-bond donors (Lipinski definition) is 1. The number of furan rings is 1. The van der Waals surface area contributed by atoms with Gasteiger partial charge in [-0.2, -0.15) is 0 Å². The molecule has 1 aliphatic carbocycles.